The first kappa shape index (κ1) is 13.8. The van der Waals surface area contributed by atoms with Crippen LogP contribution in [0.5, 0.6) is 0 Å². The first-order chi connectivity index (χ1) is 9.15. The second-order valence-electron chi connectivity index (χ2n) is 4.85. The number of nitrogens with zero attached hydrogens (tertiary/aromatic N) is 3. The molecule has 0 atom stereocenters. The summed E-state index contributed by atoms with van der Waals surface area (Å²) in [5, 5.41) is 7.91. The fraction of sp³-hybridized carbons (Fsp3) is 0.571. The summed E-state index contributed by atoms with van der Waals surface area (Å²) in [5.74, 6) is 0.821. The van der Waals surface area contributed by atoms with Crippen molar-refractivity contribution < 1.29 is 4.42 Å². The van der Waals surface area contributed by atoms with Crippen LogP contribution in [0.4, 0.5) is 0 Å². The summed E-state index contributed by atoms with van der Waals surface area (Å²) in [7, 11) is 0. The maximum atomic E-state index is 5.57. The van der Waals surface area contributed by atoms with Crippen molar-refractivity contribution in [2.24, 2.45) is 0 Å². The summed E-state index contributed by atoms with van der Waals surface area (Å²) < 4.78 is 7.54. The highest BCUT2D eigenvalue weighted by atomic mass is 16.3. The van der Waals surface area contributed by atoms with E-state index in [1.807, 2.05) is 4.68 Å². The molecule has 0 unspecified atom stereocenters. The lowest BCUT2D eigenvalue weighted by Gasteiger charge is -2.07. The van der Waals surface area contributed by atoms with Gasteiger partial charge in [-0.1, -0.05) is 20.8 Å². The molecule has 2 aromatic heterocycles. The minimum atomic E-state index is 0.423. The predicted molar refractivity (Wildman–Crippen MR) is 74.8 cm³/mol. The molecule has 2 rings (SSSR count). The monoisotopic (exact) mass is 262 g/mol. The second kappa shape index (κ2) is 6.02. The largest absolute Gasteiger partial charge is 0.442 e. The molecule has 2 aromatic rings. The maximum absolute atomic E-state index is 5.57. The number of hydrogen-bond acceptors (Lipinski definition) is 4. The molecule has 0 aliphatic heterocycles. The fourth-order valence-corrected chi connectivity index (χ4v) is 1.97. The standard InChI is InChI=1S/C14H22N4O/c1-5-11-7-13(18(6-2)17-11)14-12(16-9-19-14)8-15-10(3)4/h7,9-10,15H,5-6,8H2,1-4H3. The summed E-state index contributed by atoms with van der Waals surface area (Å²) in [6.45, 7) is 9.95. The topological polar surface area (TPSA) is 55.9 Å². The highest BCUT2D eigenvalue weighted by Gasteiger charge is 2.16. The van der Waals surface area contributed by atoms with E-state index in [1.165, 1.54) is 6.39 Å². The highest BCUT2D eigenvalue weighted by molar-refractivity contribution is 5.56. The van der Waals surface area contributed by atoms with Gasteiger partial charge in [0.2, 0.25) is 0 Å². The van der Waals surface area contributed by atoms with Gasteiger partial charge in [-0.05, 0) is 19.4 Å². The average Bonchev–Trinajstić information content (AvgIpc) is 3.01. The van der Waals surface area contributed by atoms with Crippen molar-refractivity contribution in [3.8, 4) is 11.5 Å². The minimum Gasteiger partial charge on any atom is -0.442 e. The predicted octanol–water partition coefficient (Wildman–Crippen LogP) is 2.62. The molecule has 104 valence electrons. The van der Waals surface area contributed by atoms with Crippen LogP contribution in [0.25, 0.3) is 11.5 Å². The van der Waals surface area contributed by atoms with E-state index in [-0.39, 0.29) is 0 Å². The summed E-state index contributed by atoms with van der Waals surface area (Å²) in [6, 6.07) is 2.51. The lowest BCUT2D eigenvalue weighted by molar-refractivity contribution is 0.549. The number of aryl methyl sites for hydroxylation is 2. The van der Waals surface area contributed by atoms with Gasteiger partial charge in [0.15, 0.2) is 12.2 Å². The molecule has 0 radical (unpaired) electrons. The second-order valence-corrected chi connectivity index (χ2v) is 4.85. The lowest BCUT2D eigenvalue weighted by atomic mass is 10.2. The molecule has 0 saturated heterocycles. The Morgan fingerprint density at radius 1 is 1.37 bits per heavy atom. The summed E-state index contributed by atoms with van der Waals surface area (Å²) in [5.41, 5.74) is 3.03. The van der Waals surface area contributed by atoms with Gasteiger partial charge in [0.05, 0.1) is 5.69 Å². The van der Waals surface area contributed by atoms with Crippen molar-refractivity contribution in [2.75, 3.05) is 0 Å². The van der Waals surface area contributed by atoms with Gasteiger partial charge >= 0.3 is 0 Å². The quantitative estimate of drug-likeness (QED) is 0.869. The molecule has 0 bridgehead atoms. The molecule has 5 nitrogen and oxygen atoms in total. The van der Waals surface area contributed by atoms with Crippen LogP contribution in [0.1, 0.15) is 39.1 Å². The van der Waals surface area contributed by atoms with Gasteiger partial charge in [-0.2, -0.15) is 5.10 Å². The van der Waals surface area contributed by atoms with E-state index in [0.29, 0.717) is 12.6 Å². The number of nitrogens with one attached hydrogen (secondary N) is 1. The van der Waals surface area contributed by atoms with Gasteiger partial charge in [-0.3, -0.25) is 4.68 Å². The minimum absolute atomic E-state index is 0.423. The van der Waals surface area contributed by atoms with E-state index in [1.54, 1.807) is 0 Å². The molecule has 0 aliphatic carbocycles. The number of oxazole rings is 1. The molecule has 0 aromatic carbocycles. The molecule has 2 heterocycles. The Morgan fingerprint density at radius 2 is 2.16 bits per heavy atom. The van der Waals surface area contributed by atoms with Crippen molar-refractivity contribution in [3.05, 3.63) is 23.8 Å². The number of aromatic nitrogens is 3. The molecule has 0 saturated carbocycles. The van der Waals surface area contributed by atoms with Crippen LogP contribution in [0.15, 0.2) is 16.9 Å². The van der Waals surface area contributed by atoms with Crippen molar-refractivity contribution in [3.63, 3.8) is 0 Å². The Hall–Kier alpha value is -1.62. The van der Waals surface area contributed by atoms with E-state index >= 15 is 0 Å². The number of rotatable bonds is 6. The molecular weight excluding hydrogens is 240 g/mol. The van der Waals surface area contributed by atoms with Crippen LogP contribution >= 0.6 is 0 Å². The van der Waals surface area contributed by atoms with Crippen LogP contribution < -0.4 is 5.32 Å². The molecule has 19 heavy (non-hydrogen) atoms. The van der Waals surface area contributed by atoms with Crippen LogP contribution in [0, 0.1) is 0 Å². The van der Waals surface area contributed by atoms with Gasteiger partial charge in [-0.15, -0.1) is 0 Å². The summed E-state index contributed by atoms with van der Waals surface area (Å²) in [4.78, 5) is 4.30. The van der Waals surface area contributed by atoms with Crippen LogP contribution in [0.2, 0.25) is 0 Å². The summed E-state index contributed by atoms with van der Waals surface area (Å²) in [6.07, 6.45) is 2.43. The van der Waals surface area contributed by atoms with E-state index in [2.05, 4.69) is 49.2 Å². The van der Waals surface area contributed by atoms with Gasteiger partial charge in [0, 0.05) is 19.1 Å². The zero-order valence-electron chi connectivity index (χ0n) is 12.1. The molecular formula is C14H22N4O. The summed E-state index contributed by atoms with van der Waals surface area (Å²) >= 11 is 0. The Morgan fingerprint density at radius 3 is 2.79 bits per heavy atom. The molecule has 0 fully saturated rings. The van der Waals surface area contributed by atoms with Gasteiger partial charge in [0.25, 0.3) is 0 Å². The molecule has 5 heteroatoms. The van der Waals surface area contributed by atoms with Crippen LogP contribution in [0.3, 0.4) is 0 Å². The third-order valence-corrected chi connectivity index (χ3v) is 3.04. The Balaban J connectivity index is 2.31. The van der Waals surface area contributed by atoms with Crippen molar-refractivity contribution in [2.45, 2.75) is 53.2 Å². The first-order valence-electron chi connectivity index (χ1n) is 6.88. The van der Waals surface area contributed by atoms with E-state index < -0.39 is 0 Å². The molecule has 1 N–H and O–H groups in total. The zero-order chi connectivity index (χ0) is 13.8. The normalized spacial score (nSPS) is 11.4. The smallest absolute Gasteiger partial charge is 0.181 e. The first-order valence-corrected chi connectivity index (χ1v) is 6.88. The highest BCUT2D eigenvalue weighted by Crippen LogP contribution is 2.24. The van der Waals surface area contributed by atoms with Crippen molar-refractivity contribution >= 4 is 0 Å². The number of hydrogen-bond donors (Lipinski definition) is 1. The maximum Gasteiger partial charge on any atom is 0.181 e. The SMILES string of the molecule is CCc1cc(-c2ocnc2CNC(C)C)n(CC)n1. The van der Waals surface area contributed by atoms with E-state index in [4.69, 9.17) is 4.42 Å². The molecule has 0 amide bonds. The third-order valence-electron chi connectivity index (χ3n) is 3.04. The van der Waals surface area contributed by atoms with Gasteiger partial charge in [-0.25, -0.2) is 4.98 Å². The zero-order valence-corrected chi connectivity index (χ0v) is 12.1. The van der Waals surface area contributed by atoms with E-state index in [9.17, 15) is 0 Å². The lowest BCUT2D eigenvalue weighted by Crippen LogP contribution is -2.22. The van der Waals surface area contributed by atoms with E-state index in [0.717, 1.165) is 35.8 Å². The van der Waals surface area contributed by atoms with Crippen LogP contribution in [-0.4, -0.2) is 20.8 Å². The van der Waals surface area contributed by atoms with Crippen LogP contribution in [-0.2, 0) is 19.5 Å². The van der Waals surface area contributed by atoms with Gasteiger partial charge in [0.1, 0.15) is 11.4 Å². The average molecular weight is 262 g/mol. The Labute approximate surface area is 114 Å². The Bertz CT molecular complexity index is 527. The van der Waals surface area contributed by atoms with Crippen molar-refractivity contribution in [1.29, 1.82) is 0 Å². The molecule has 0 spiro atoms. The third kappa shape index (κ3) is 3.04. The van der Waals surface area contributed by atoms with Crippen molar-refractivity contribution in [1.82, 2.24) is 20.1 Å². The Kier molecular flexibility index (Phi) is 4.37. The fourth-order valence-electron chi connectivity index (χ4n) is 1.97. The van der Waals surface area contributed by atoms with Gasteiger partial charge < -0.3 is 9.73 Å². The molecule has 0 aliphatic rings.